The van der Waals surface area contributed by atoms with Crippen LogP contribution in [0.3, 0.4) is 0 Å². The molecule has 4 nitrogen and oxygen atoms in total. The Bertz CT molecular complexity index is 817. The van der Waals surface area contributed by atoms with Gasteiger partial charge in [0.25, 0.3) is 0 Å². The van der Waals surface area contributed by atoms with Crippen molar-refractivity contribution in [3.8, 4) is 5.75 Å². The van der Waals surface area contributed by atoms with Gasteiger partial charge in [0, 0.05) is 31.2 Å². The lowest BCUT2D eigenvalue weighted by atomic mass is 10.1. The van der Waals surface area contributed by atoms with Gasteiger partial charge in [-0.3, -0.25) is 9.88 Å². The Labute approximate surface area is 149 Å². The number of hydrogen-bond acceptors (Lipinski definition) is 4. The van der Waals surface area contributed by atoms with Gasteiger partial charge in [0.05, 0.1) is 5.52 Å². The van der Waals surface area contributed by atoms with Crippen LogP contribution >= 0.6 is 0 Å². The molecule has 0 fully saturated rings. The SMILES string of the molecule is C[C@H](CN)Oc1ccc(CN(C)Cc2ccc3ncccc3c2)cc1. The van der Waals surface area contributed by atoms with E-state index in [1.54, 1.807) is 0 Å². The van der Waals surface area contributed by atoms with Crippen molar-refractivity contribution in [2.45, 2.75) is 26.1 Å². The molecule has 0 amide bonds. The third-order valence-electron chi connectivity index (χ3n) is 4.16. The second kappa shape index (κ2) is 8.10. The maximum absolute atomic E-state index is 5.72. The predicted octanol–water partition coefficient (Wildman–Crippen LogP) is 3.59. The second-order valence-electron chi connectivity index (χ2n) is 6.51. The number of pyridine rings is 1. The van der Waals surface area contributed by atoms with Crippen molar-refractivity contribution in [2.75, 3.05) is 13.6 Å². The fraction of sp³-hybridized carbons (Fsp3) is 0.286. The molecule has 1 heterocycles. The molecule has 0 radical (unpaired) electrons. The fourth-order valence-electron chi connectivity index (χ4n) is 2.86. The van der Waals surface area contributed by atoms with Gasteiger partial charge in [-0.1, -0.05) is 24.3 Å². The average molecular weight is 335 g/mol. The van der Waals surface area contributed by atoms with Gasteiger partial charge in [0.1, 0.15) is 11.9 Å². The van der Waals surface area contributed by atoms with E-state index in [9.17, 15) is 0 Å². The first-order valence-corrected chi connectivity index (χ1v) is 8.62. The summed E-state index contributed by atoms with van der Waals surface area (Å²) < 4.78 is 5.72. The third kappa shape index (κ3) is 4.78. The van der Waals surface area contributed by atoms with E-state index < -0.39 is 0 Å². The topological polar surface area (TPSA) is 51.4 Å². The lowest BCUT2D eigenvalue weighted by Gasteiger charge is -2.18. The van der Waals surface area contributed by atoms with Crippen molar-refractivity contribution in [3.63, 3.8) is 0 Å². The highest BCUT2D eigenvalue weighted by molar-refractivity contribution is 5.78. The van der Waals surface area contributed by atoms with Crippen LogP contribution in [0.15, 0.2) is 60.8 Å². The average Bonchev–Trinajstić information content (AvgIpc) is 2.63. The first-order valence-electron chi connectivity index (χ1n) is 8.62. The van der Waals surface area contributed by atoms with Crippen molar-refractivity contribution in [3.05, 3.63) is 71.9 Å². The number of aromatic nitrogens is 1. The van der Waals surface area contributed by atoms with E-state index in [1.165, 1.54) is 16.5 Å². The summed E-state index contributed by atoms with van der Waals surface area (Å²) >= 11 is 0. The monoisotopic (exact) mass is 335 g/mol. The molecular formula is C21H25N3O. The van der Waals surface area contributed by atoms with Gasteiger partial charge in [-0.25, -0.2) is 0 Å². The standard InChI is InChI=1S/C21H25N3O/c1-16(13-22)25-20-8-5-17(6-9-20)14-24(2)15-18-7-10-21-19(12-18)4-3-11-23-21/h3-12,16H,13-15,22H2,1-2H3/t16-/m1/s1. The van der Waals surface area contributed by atoms with Crippen LogP contribution in [0.4, 0.5) is 0 Å². The van der Waals surface area contributed by atoms with Crippen LogP contribution in [0.1, 0.15) is 18.1 Å². The van der Waals surface area contributed by atoms with E-state index in [-0.39, 0.29) is 6.10 Å². The number of hydrogen-bond donors (Lipinski definition) is 1. The molecule has 0 aliphatic rings. The van der Waals surface area contributed by atoms with Crippen LogP contribution in [0.5, 0.6) is 5.75 Å². The molecule has 1 aromatic heterocycles. The molecule has 0 saturated heterocycles. The molecule has 0 saturated carbocycles. The Kier molecular flexibility index (Phi) is 5.64. The van der Waals surface area contributed by atoms with Gasteiger partial charge < -0.3 is 10.5 Å². The number of benzene rings is 2. The van der Waals surface area contributed by atoms with E-state index >= 15 is 0 Å². The molecule has 2 N–H and O–H groups in total. The van der Waals surface area contributed by atoms with E-state index in [4.69, 9.17) is 10.5 Å². The largest absolute Gasteiger partial charge is 0.489 e. The van der Waals surface area contributed by atoms with Crippen LogP contribution in [0.25, 0.3) is 10.9 Å². The van der Waals surface area contributed by atoms with Crippen LogP contribution in [0, 0.1) is 0 Å². The van der Waals surface area contributed by atoms with Crippen LogP contribution < -0.4 is 10.5 Å². The molecule has 130 valence electrons. The summed E-state index contributed by atoms with van der Waals surface area (Å²) in [5, 5.41) is 1.18. The number of rotatable bonds is 7. The van der Waals surface area contributed by atoms with Crippen molar-refractivity contribution < 1.29 is 4.74 Å². The highest BCUT2D eigenvalue weighted by atomic mass is 16.5. The molecule has 2 aromatic carbocycles. The van der Waals surface area contributed by atoms with Crippen LogP contribution in [-0.4, -0.2) is 29.6 Å². The molecular weight excluding hydrogens is 310 g/mol. The molecule has 0 aliphatic heterocycles. The molecule has 4 heteroatoms. The van der Waals surface area contributed by atoms with E-state index in [0.29, 0.717) is 6.54 Å². The number of fused-ring (bicyclic) bond motifs is 1. The normalized spacial score (nSPS) is 12.5. The first kappa shape index (κ1) is 17.4. The Balaban J connectivity index is 1.60. The quantitative estimate of drug-likeness (QED) is 0.717. The summed E-state index contributed by atoms with van der Waals surface area (Å²) in [4.78, 5) is 6.67. The minimum atomic E-state index is 0.0379. The zero-order valence-corrected chi connectivity index (χ0v) is 14.9. The van der Waals surface area contributed by atoms with E-state index in [1.807, 2.05) is 31.3 Å². The van der Waals surface area contributed by atoms with E-state index in [2.05, 4.69) is 53.3 Å². The van der Waals surface area contributed by atoms with Crippen LogP contribution in [0.2, 0.25) is 0 Å². The summed E-state index contributed by atoms with van der Waals surface area (Å²) in [6.45, 7) is 4.28. The summed E-state index contributed by atoms with van der Waals surface area (Å²) in [5.74, 6) is 0.867. The lowest BCUT2D eigenvalue weighted by molar-refractivity contribution is 0.229. The van der Waals surface area contributed by atoms with Gasteiger partial charge >= 0.3 is 0 Å². The molecule has 1 atom stereocenters. The first-order chi connectivity index (χ1) is 12.1. The molecule has 3 rings (SSSR count). The second-order valence-corrected chi connectivity index (χ2v) is 6.51. The molecule has 25 heavy (non-hydrogen) atoms. The van der Waals surface area contributed by atoms with Crippen molar-refractivity contribution in [1.29, 1.82) is 0 Å². The molecule has 0 spiro atoms. The summed E-state index contributed by atoms with van der Waals surface area (Å²) in [6, 6.07) is 18.8. The Morgan fingerprint density at radius 1 is 1.04 bits per heavy atom. The van der Waals surface area contributed by atoms with Gasteiger partial charge in [0.2, 0.25) is 0 Å². The van der Waals surface area contributed by atoms with Gasteiger partial charge in [0.15, 0.2) is 0 Å². The van der Waals surface area contributed by atoms with Gasteiger partial charge in [-0.05, 0) is 55.4 Å². The van der Waals surface area contributed by atoms with E-state index in [0.717, 1.165) is 24.4 Å². The minimum absolute atomic E-state index is 0.0379. The Morgan fingerprint density at radius 2 is 1.76 bits per heavy atom. The summed E-state index contributed by atoms with van der Waals surface area (Å²) in [5.41, 5.74) is 9.18. The van der Waals surface area contributed by atoms with Crippen molar-refractivity contribution >= 4 is 10.9 Å². The van der Waals surface area contributed by atoms with Crippen LogP contribution in [-0.2, 0) is 13.1 Å². The summed E-state index contributed by atoms with van der Waals surface area (Å²) in [6.07, 6.45) is 1.87. The fourth-order valence-corrected chi connectivity index (χ4v) is 2.86. The molecule has 0 bridgehead atoms. The number of nitrogens with zero attached hydrogens (tertiary/aromatic N) is 2. The predicted molar refractivity (Wildman–Crippen MR) is 103 cm³/mol. The molecule has 0 unspecified atom stereocenters. The smallest absolute Gasteiger partial charge is 0.119 e. The zero-order valence-electron chi connectivity index (χ0n) is 14.9. The highest BCUT2D eigenvalue weighted by Crippen LogP contribution is 2.17. The van der Waals surface area contributed by atoms with Gasteiger partial charge in [-0.15, -0.1) is 0 Å². The highest BCUT2D eigenvalue weighted by Gasteiger charge is 2.05. The van der Waals surface area contributed by atoms with Gasteiger partial charge in [-0.2, -0.15) is 0 Å². The van der Waals surface area contributed by atoms with Crippen molar-refractivity contribution in [1.82, 2.24) is 9.88 Å². The zero-order chi connectivity index (χ0) is 17.6. The Morgan fingerprint density at radius 3 is 2.52 bits per heavy atom. The molecule has 0 aliphatic carbocycles. The third-order valence-corrected chi connectivity index (χ3v) is 4.16. The maximum atomic E-state index is 5.72. The number of nitrogens with two attached hydrogens (primary N) is 1. The Hall–Kier alpha value is -2.43. The maximum Gasteiger partial charge on any atom is 0.119 e. The molecule has 3 aromatic rings. The summed E-state index contributed by atoms with van der Waals surface area (Å²) in [7, 11) is 2.13. The van der Waals surface area contributed by atoms with Crippen molar-refractivity contribution in [2.24, 2.45) is 5.73 Å². The number of ether oxygens (including phenoxy) is 1. The minimum Gasteiger partial charge on any atom is -0.489 e. The lowest BCUT2D eigenvalue weighted by Crippen LogP contribution is -2.22.